The molecule has 2 aliphatic heterocycles. The normalized spacial score (nSPS) is 21.0. The number of morpholine rings is 1. The molecule has 0 radical (unpaired) electrons. The number of carbonyl (C=O) groups excluding carboxylic acids is 1. The second kappa shape index (κ2) is 8.18. The molecule has 8 heteroatoms. The molecule has 0 saturated carbocycles. The second-order valence-corrected chi connectivity index (χ2v) is 7.34. The van der Waals surface area contributed by atoms with Gasteiger partial charge in [0.1, 0.15) is 0 Å². The van der Waals surface area contributed by atoms with Crippen LogP contribution in [0.1, 0.15) is 38.1 Å². The number of rotatable bonds is 6. The number of ether oxygens (including phenoxy) is 1. The first kappa shape index (κ1) is 18.8. The quantitative estimate of drug-likeness (QED) is 0.801. The molecular formula is C18H28N4O4. The number of carboxylic acids is 1. The van der Waals surface area contributed by atoms with Crippen LogP contribution >= 0.6 is 0 Å². The van der Waals surface area contributed by atoms with Crippen LogP contribution in [0.5, 0.6) is 0 Å². The van der Waals surface area contributed by atoms with Gasteiger partial charge < -0.3 is 14.7 Å². The van der Waals surface area contributed by atoms with Crippen LogP contribution in [0.15, 0.2) is 6.07 Å². The summed E-state index contributed by atoms with van der Waals surface area (Å²) in [5.41, 5.74) is 1.75. The van der Waals surface area contributed by atoms with Crippen molar-refractivity contribution >= 4 is 11.9 Å². The summed E-state index contributed by atoms with van der Waals surface area (Å²) in [7, 11) is 0. The maximum absolute atomic E-state index is 12.7. The van der Waals surface area contributed by atoms with Crippen molar-refractivity contribution in [1.29, 1.82) is 0 Å². The highest BCUT2D eigenvalue weighted by Gasteiger charge is 2.28. The Kier molecular flexibility index (Phi) is 5.93. The van der Waals surface area contributed by atoms with E-state index in [1.54, 1.807) is 0 Å². The predicted octanol–water partition coefficient (Wildman–Crippen LogP) is 0.742. The van der Waals surface area contributed by atoms with Crippen molar-refractivity contribution in [1.82, 2.24) is 19.6 Å². The van der Waals surface area contributed by atoms with Crippen molar-refractivity contribution in [2.75, 3.05) is 26.2 Å². The molecule has 8 nitrogen and oxygen atoms in total. The third-order valence-electron chi connectivity index (χ3n) is 5.10. The van der Waals surface area contributed by atoms with Crippen molar-refractivity contribution in [3.63, 3.8) is 0 Å². The van der Waals surface area contributed by atoms with E-state index in [2.05, 4.69) is 23.8 Å². The van der Waals surface area contributed by atoms with Crippen LogP contribution in [0.2, 0.25) is 0 Å². The monoisotopic (exact) mass is 364 g/mol. The summed E-state index contributed by atoms with van der Waals surface area (Å²) in [5.74, 6) is -0.712. The smallest absolute Gasteiger partial charge is 0.303 e. The zero-order valence-electron chi connectivity index (χ0n) is 15.6. The topological polar surface area (TPSA) is 87.9 Å². The zero-order chi connectivity index (χ0) is 18.7. The number of amides is 1. The van der Waals surface area contributed by atoms with E-state index in [1.165, 1.54) is 0 Å². The van der Waals surface area contributed by atoms with E-state index in [0.717, 1.165) is 24.5 Å². The first-order valence-electron chi connectivity index (χ1n) is 9.33. The highest BCUT2D eigenvalue weighted by atomic mass is 16.5. The number of aromatic nitrogens is 2. The summed E-state index contributed by atoms with van der Waals surface area (Å²) in [4.78, 5) is 27.6. The fraction of sp³-hybridized carbons (Fsp3) is 0.722. The van der Waals surface area contributed by atoms with Crippen molar-refractivity contribution in [3.05, 3.63) is 17.5 Å². The second-order valence-electron chi connectivity index (χ2n) is 7.34. The Balaban J connectivity index is 1.54. The summed E-state index contributed by atoms with van der Waals surface area (Å²) in [6.45, 7) is 8.54. The lowest BCUT2D eigenvalue weighted by Crippen LogP contribution is -2.48. The number of aliphatic carboxylic acids is 1. The summed E-state index contributed by atoms with van der Waals surface area (Å²) in [6.07, 6.45) is 0.856. The molecule has 3 heterocycles. The molecule has 0 unspecified atom stereocenters. The summed E-state index contributed by atoms with van der Waals surface area (Å²) in [5, 5.41) is 13.2. The van der Waals surface area contributed by atoms with E-state index in [9.17, 15) is 9.59 Å². The van der Waals surface area contributed by atoms with Gasteiger partial charge >= 0.3 is 5.97 Å². The number of hydrogen-bond donors (Lipinski definition) is 1. The summed E-state index contributed by atoms with van der Waals surface area (Å²) in [6, 6.07) is 2.38. The van der Waals surface area contributed by atoms with Gasteiger partial charge in [-0.1, -0.05) is 0 Å². The highest BCUT2D eigenvalue weighted by Crippen LogP contribution is 2.18. The fourth-order valence-electron chi connectivity index (χ4n) is 3.55. The number of carboxylic acid groups (broad SMARTS) is 1. The Hall–Kier alpha value is -1.93. The standard InChI is InChI=1S/C18H28N4O4/c1-13(2)20-7-8-26-16(12-20)10-17(23)21-5-6-22-15(11-21)9-14(19-22)3-4-18(24)25/h9,13,16H,3-8,10-12H2,1-2H3,(H,24,25)/t16-/m0/s1. The highest BCUT2D eigenvalue weighted by molar-refractivity contribution is 5.76. The molecule has 0 bridgehead atoms. The first-order valence-corrected chi connectivity index (χ1v) is 9.33. The van der Waals surface area contributed by atoms with Gasteiger partial charge in [0.25, 0.3) is 0 Å². The predicted molar refractivity (Wildman–Crippen MR) is 94.7 cm³/mol. The van der Waals surface area contributed by atoms with E-state index in [0.29, 0.717) is 45.1 Å². The number of fused-ring (bicyclic) bond motifs is 1. The molecule has 1 aromatic heterocycles. The van der Waals surface area contributed by atoms with Crippen LogP contribution in [0.3, 0.4) is 0 Å². The zero-order valence-corrected chi connectivity index (χ0v) is 15.6. The van der Waals surface area contributed by atoms with E-state index >= 15 is 0 Å². The Morgan fingerprint density at radius 3 is 2.88 bits per heavy atom. The summed E-state index contributed by atoms with van der Waals surface area (Å²) >= 11 is 0. The molecule has 1 fully saturated rings. The van der Waals surface area contributed by atoms with Gasteiger partial charge in [-0.15, -0.1) is 0 Å². The SMILES string of the molecule is CC(C)N1CCO[C@@H](CC(=O)N2CCn3nc(CCC(=O)O)cc3C2)C1. The Labute approximate surface area is 153 Å². The van der Waals surface area contributed by atoms with E-state index in [1.807, 2.05) is 15.6 Å². The number of hydrogen-bond acceptors (Lipinski definition) is 5. The first-order chi connectivity index (χ1) is 12.4. The van der Waals surface area contributed by atoms with Crippen LogP contribution in [0.4, 0.5) is 0 Å². The third kappa shape index (κ3) is 4.62. The summed E-state index contributed by atoms with van der Waals surface area (Å²) < 4.78 is 7.67. The van der Waals surface area contributed by atoms with Crippen molar-refractivity contribution < 1.29 is 19.4 Å². The van der Waals surface area contributed by atoms with E-state index < -0.39 is 5.97 Å². The van der Waals surface area contributed by atoms with Crippen LogP contribution in [-0.2, 0) is 33.8 Å². The largest absolute Gasteiger partial charge is 0.481 e. The molecule has 2 aliphatic rings. The molecule has 1 saturated heterocycles. The Bertz CT molecular complexity index is 658. The van der Waals surface area contributed by atoms with Crippen LogP contribution in [0.25, 0.3) is 0 Å². The molecule has 0 aromatic carbocycles. The van der Waals surface area contributed by atoms with Gasteiger partial charge in [0.05, 0.1) is 50.0 Å². The minimum atomic E-state index is -0.823. The lowest BCUT2D eigenvalue weighted by atomic mass is 10.1. The molecule has 1 atom stereocenters. The van der Waals surface area contributed by atoms with Crippen molar-refractivity contribution in [3.8, 4) is 0 Å². The fourth-order valence-corrected chi connectivity index (χ4v) is 3.55. The molecule has 0 aliphatic carbocycles. The van der Waals surface area contributed by atoms with Crippen LogP contribution in [0, 0.1) is 0 Å². The lowest BCUT2D eigenvalue weighted by molar-refractivity contribution is -0.138. The maximum atomic E-state index is 12.7. The third-order valence-corrected chi connectivity index (χ3v) is 5.10. The van der Waals surface area contributed by atoms with Crippen molar-refractivity contribution in [2.24, 2.45) is 0 Å². The average Bonchev–Trinajstić information content (AvgIpc) is 3.02. The lowest BCUT2D eigenvalue weighted by Gasteiger charge is -2.36. The Morgan fingerprint density at radius 2 is 2.15 bits per heavy atom. The number of aryl methyl sites for hydroxylation is 1. The number of carbonyl (C=O) groups is 2. The van der Waals surface area contributed by atoms with Gasteiger partial charge in [0, 0.05) is 32.1 Å². The van der Waals surface area contributed by atoms with Crippen molar-refractivity contribution in [2.45, 2.75) is 58.3 Å². The van der Waals surface area contributed by atoms with E-state index in [-0.39, 0.29) is 18.4 Å². The molecular weight excluding hydrogens is 336 g/mol. The van der Waals surface area contributed by atoms with Gasteiger partial charge in [0.2, 0.25) is 5.91 Å². The van der Waals surface area contributed by atoms with Gasteiger partial charge in [-0.25, -0.2) is 0 Å². The minimum Gasteiger partial charge on any atom is -0.481 e. The maximum Gasteiger partial charge on any atom is 0.303 e. The molecule has 1 aromatic rings. The van der Waals surface area contributed by atoms with Gasteiger partial charge in [-0.2, -0.15) is 5.10 Å². The molecule has 1 amide bonds. The molecule has 0 spiro atoms. The minimum absolute atomic E-state index is 0.0448. The van der Waals surface area contributed by atoms with Gasteiger partial charge in [-0.05, 0) is 19.9 Å². The molecule has 144 valence electrons. The average molecular weight is 364 g/mol. The molecule has 26 heavy (non-hydrogen) atoms. The van der Waals surface area contributed by atoms with Crippen LogP contribution in [-0.4, -0.2) is 75.0 Å². The molecule has 3 rings (SSSR count). The molecule has 1 N–H and O–H groups in total. The van der Waals surface area contributed by atoms with Gasteiger partial charge in [0.15, 0.2) is 0 Å². The number of nitrogens with zero attached hydrogens (tertiary/aromatic N) is 4. The van der Waals surface area contributed by atoms with Gasteiger partial charge in [-0.3, -0.25) is 19.2 Å². The Morgan fingerprint density at radius 1 is 1.35 bits per heavy atom. The van der Waals surface area contributed by atoms with E-state index in [4.69, 9.17) is 9.84 Å². The van der Waals surface area contributed by atoms with Crippen LogP contribution < -0.4 is 0 Å².